The molecule has 7 nitrogen and oxygen atoms in total. The number of amides is 1. The topological polar surface area (TPSA) is 94.3 Å². The second-order valence-corrected chi connectivity index (χ2v) is 8.93. The van der Waals surface area contributed by atoms with Gasteiger partial charge in [-0.3, -0.25) is 4.79 Å². The van der Waals surface area contributed by atoms with E-state index in [4.69, 9.17) is 0 Å². The highest BCUT2D eigenvalue weighted by molar-refractivity contribution is 7.99. The maximum atomic E-state index is 12.6. The molecule has 0 spiro atoms. The molecule has 0 saturated carbocycles. The fourth-order valence-corrected chi connectivity index (χ4v) is 5.39. The molecule has 10 heteroatoms. The van der Waals surface area contributed by atoms with Gasteiger partial charge in [-0.25, -0.2) is 8.42 Å². The van der Waals surface area contributed by atoms with E-state index in [0.717, 1.165) is 37.4 Å². The number of aromatic amines is 1. The molecule has 2 aliphatic rings. The minimum Gasteiger partial charge on any atom is -0.356 e. The molecular weight excluding hydrogens is 372 g/mol. The summed E-state index contributed by atoms with van der Waals surface area (Å²) in [6, 6.07) is 1.58. The number of nitrogens with zero attached hydrogens (tertiary/aromatic N) is 1. The number of rotatable bonds is 4. The van der Waals surface area contributed by atoms with Crippen LogP contribution in [0.5, 0.6) is 0 Å². The number of H-pyrrole nitrogens is 1. The van der Waals surface area contributed by atoms with E-state index in [1.807, 2.05) is 0 Å². The van der Waals surface area contributed by atoms with Crippen LogP contribution in [0, 0.1) is 0 Å². The molecule has 0 aliphatic carbocycles. The first-order valence-corrected chi connectivity index (χ1v) is 10.4. The highest BCUT2D eigenvalue weighted by Gasteiger charge is 2.28. The molecule has 136 valence electrons. The lowest BCUT2D eigenvalue weighted by atomic mass is 10.1. The molecular formula is C14H23ClN4O3S2. The van der Waals surface area contributed by atoms with E-state index in [1.165, 1.54) is 16.6 Å². The number of halogens is 1. The Morgan fingerprint density at radius 2 is 1.92 bits per heavy atom. The van der Waals surface area contributed by atoms with Gasteiger partial charge in [0, 0.05) is 36.8 Å². The number of sulfonamides is 1. The maximum absolute atomic E-state index is 12.6. The standard InChI is InChI=1S/C14H22N4O3S2.ClH/c19-14(17-11-1-3-15-4-2-11)13-9-12(10-16-13)23(20,21)18-5-7-22-8-6-18;/h9-11,15-16H,1-8H2,(H,17,19);1H. The van der Waals surface area contributed by atoms with E-state index in [-0.39, 0.29) is 29.3 Å². The Hall–Kier alpha value is -0.740. The van der Waals surface area contributed by atoms with Crippen LogP contribution in [0.25, 0.3) is 0 Å². The Bertz CT molecular complexity index is 653. The number of piperidine rings is 1. The summed E-state index contributed by atoms with van der Waals surface area (Å²) in [4.78, 5) is 15.2. The summed E-state index contributed by atoms with van der Waals surface area (Å²) in [5.41, 5.74) is 0.300. The average molecular weight is 395 g/mol. The number of hydrogen-bond donors (Lipinski definition) is 3. The van der Waals surface area contributed by atoms with Gasteiger partial charge in [-0.1, -0.05) is 0 Å². The number of nitrogens with one attached hydrogen (secondary N) is 3. The molecule has 3 heterocycles. The number of carbonyl (C=O) groups is 1. The monoisotopic (exact) mass is 394 g/mol. The molecule has 24 heavy (non-hydrogen) atoms. The zero-order chi connectivity index (χ0) is 16.3. The molecule has 1 aromatic rings. The van der Waals surface area contributed by atoms with Crippen molar-refractivity contribution in [2.24, 2.45) is 0 Å². The van der Waals surface area contributed by atoms with E-state index in [0.29, 0.717) is 18.8 Å². The van der Waals surface area contributed by atoms with Crippen LogP contribution in [0.4, 0.5) is 0 Å². The molecule has 2 fully saturated rings. The first kappa shape index (κ1) is 19.6. The number of thioether (sulfide) groups is 1. The van der Waals surface area contributed by atoms with Gasteiger partial charge in [-0.05, 0) is 32.0 Å². The summed E-state index contributed by atoms with van der Waals surface area (Å²) in [5.74, 6) is 1.38. The molecule has 0 atom stereocenters. The molecule has 2 aliphatic heterocycles. The van der Waals surface area contributed by atoms with Crippen molar-refractivity contribution in [2.75, 3.05) is 37.7 Å². The Labute approximate surface area is 152 Å². The van der Waals surface area contributed by atoms with Crippen molar-refractivity contribution in [3.63, 3.8) is 0 Å². The van der Waals surface area contributed by atoms with Gasteiger partial charge in [0.2, 0.25) is 10.0 Å². The summed E-state index contributed by atoms with van der Waals surface area (Å²) in [7, 11) is -3.51. The predicted octanol–water partition coefficient (Wildman–Crippen LogP) is 0.656. The molecule has 1 amide bonds. The normalized spacial score (nSPS) is 20.3. The van der Waals surface area contributed by atoms with Crippen LogP contribution in [0.2, 0.25) is 0 Å². The molecule has 0 unspecified atom stereocenters. The minimum atomic E-state index is -3.51. The Balaban J connectivity index is 0.00000208. The van der Waals surface area contributed by atoms with Gasteiger partial charge in [0.25, 0.3) is 5.91 Å². The van der Waals surface area contributed by atoms with Gasteiger partial charge >= 0.3 is 0 Å². The summed E-state index contributed by atoms with van der Waals surface area (Å²) < 4.78 is 26.6. The fourth-order valence-electron chi connectivity index (χ4n) is 2.82. The number of hydrogen-bond acceptors (Lipinski definition) is 5. The quantitative estimate of drug-likeness (QED) is 0.697. The molecule has 0 bridgehead atoms. The average Bonchev–Trinajstić information content (AvgIpc) is 3.07. The predicted molar refractivity (Wildman–Crippen MR) is 97.5 cm³/mol. The van der Waals surface area contributed by atoms with E-state index in [9.17, 15) is 13.2 Å². The lowest BCUT2D eigenvalue weighted by Gasteiger charge is -2.25. The van der Waals surface area contributed by atoms with Crippen LogP contribution in [0.3, 0.4) is 0 Å². The van der Waals surface area contributed by atoms with Crippen LogP contribution in [0.1, 0.15) is 23.3 Å². The third kappa shape index (κ3) is 4.45. The van der Waals surface area contributed by atoms with Gasteiger partial charge in [0.1, 0.15) is 10.6 Å². The van der Waals surface area contributed by atoms with Crippen molar-refractivity contribution in [1.29, 1.82) is 0 Å². The Kier molecular flexibility index (Phi) is 6.99. The van der Waals surface area contributed by atoms with Gasteiger partial charge < -0.3 is 15.6 Å². The molecule has 3 rings (SSSR count). The lowest BCUT2D eigenvalue weighted by Crippen LogP contribution is -2.42. The summed E-state index contributed by atoms with van der Waals surface area (Å²) in [6.45, 7) is 2.83. The smallest absolute Gasteiger partial charge is 0.267 e. The van der Waals surface area contributed by atoms with Gasteiger partial charge in [-0.2, -0.15) is 16.1 Å². The maximum Gasteiger partial charge on any atom is 0.267 e. The van der Waals surface area contributed by atoms with Crippen molar-refractivity contribution in [3.8, 4) is 0 Å². The fraction of sp³-hybridized carbons (Fsp3) is 0.643. The Morgan fingerprint density at radius 1 is 1.25 bits per heavy atom. The van der Waals surface area contributed by atoms with Crippen LogP contribution in [-0.4, -0.2) is 67.3 Å². The van der Waals surface area contributed by atoms with Crippen molar-refractivity contribution in [3.05, 3.63) is 18.0 Å². The van der Waals surface area contributed by atoms with E-state index >= 15 is 0 Å². The summed E-state index contributed by atoms with van der Waals surface area (Å²) >= 11 is 1.76. The lowest BCUT2D eigenvalue weighted by molar-refractivity contribution is 0.0925. The van der Waals surface area contributed by atoms with Gasteiger partial charge in [0.15, 0.2) is 0 Å². The zero-order valence-electron chi connectivity index (χ0n) is 13.3. The largest absolute Gasteiger partial charge is 0.356 e. The molecule has 3 N–H and O–H groups in total. The second kappa shape index (κ2) is 8.57. The summed E-state index contributed by atoms with van der Waals surface area (Å²) in [6.07, 6.45) is 3.19. The zero-order valence-corrected chi connectivity index (χ0v) is 15.7. The summed E-state index contributed by atoms with van der Waals surface area (Å²) in [5, 5.41) is 6.20. The third-order valence-electron chi connectivity index (χ3n) is 4.18. The molecule has 0 radical (unpaired) electrons. The molecule has 0 aromatic carbocycles. The second-order valence-electron chi connectivity index (χ2n) is 5.76. The first-order chi connectivity index (χ1) is 11.1. The van der Waals surface area contributed by atoms with Gasteiger partial charge in [-0.15, -0.1) is 12.4 Å². The van der Waals surface area contributed by atoms with E-state index < -0.39 is 10.0 Å². The van der Waals surface area contributed by atoms with E-state index in [1.54, 1.807) is 11.8 Å². The van der Waals surface area contributed by atoms with Crippen molar-refractivity contribution < 1.29 is 13.2 Å². The number of carbonyl (C=O) groups excluding carboxylic acids is 1. The van der Waals surface area contributed by atoms with Crippen molar-refractivity contribution >= 4 is 40.1 Å². The van der Waals surface area contributed by atoms with Crippen molar-refractivity contribution in [2.45, 2.75) is 23.8 Å². The van der Waals surface area contributed by atoms with Crippen LogP contribution >= 0.6 is 24.2 Å². The van der Waals surface area contributed by atoms with Crippen LogP contribution in [0.15, 0.2) is 17.2 Å². The SMILES string of the molecule is Cl.O=C(NC1CCNCC1)c1cc(S(=O)(=O)N2CCSCC2)c[nH]1. The Morgan fingerprint density at radius 3 is 2.58 bits per heavy atom. The minimum absolute atomic E-state index is 0. The van der Waals surface area contributed by atoms with E-state index in [2.05, 4.69) is 15.6 Å². The highest BCUT2D eigenvalue weighted by Crippen LogP contribution is 2.21. The van der Waals surface area contributed by atoms with Crippen LogP contribution in [-0.2, 0) is 10.0 Å². The molecule has 2 saturated heterocycles. The van der Waals surface area contributed by atoms with Crippen molar-refractivity contribution in [1.82, 2.24) is 19.9 Å². The van der Waals surface area contributed by atoms with Crippen LogP contribution < -0.4 is 10.6 Å². The van der Waals surface area contributed by atoms with Gasteiger partial charge in [0.05, 0.1) is 0 Å². The number of aromatic nitrogens is 1. The third-order valence-corrected chi connectivity index (χ3v) is 7.00. The highest BCUT2D eigenvalue weighted by atomic mass is 35.5. The molecule has 1 aromatic heterocycles. The first-order valence-electron chi connectivity index (χ1n) is 7.85.